The second-order valence-electron chi connectivity index (χ2n) is 3.96. The van der Waals surface area contributed by atoms with Crippen LogP contribution in [0, 0.1) is 9.81 Å². The van der Waals surface area contributed by atoms with Crippen LogP contribution in [-0.4, -0.2) is 12.6 Å². The molecule has 0 aromatic heterocycles. The van der Waals surface area contributed by atoms with E-state index in [1.807, 2.05) is 6.92 Å². The Morgan fingerprint density at radius 1 is 1.33 bits per heavy atom. The summed E-state index contributed by atoms with van der Waals surface area (Å²) in [5.41, 5.74) is 1.08. The Kier molecular flexibility index (Phi) is 5.10. The molecule has 0 aliphatic heterocycles. The Balaban J connectivity index is 2.78. The number of rotatable bonds is 6. The fourth-order valence-electron chi connectivity index (χ4n) is 1.62. The molecule has 1 atom stereocenters. The lowest BCUT2D eigenvalue weighted by Gasteiger charge is -2.13. The maximum absolute atomic E-state index is 10.7. The third-order valence-corrected chi connectivity index (χ3v) is 2.60. The summed E-state index contributed by atoms with van der Waals surface area (Å²) in [5.74, 6) is -0.339. The van der Waals surface area contributed by atoms with Crippen LogP contribution < -0.4 is 0 Å². The van der Waals surface area contributed by atoms with Gasteiger partial charge in [0.15, 0.2) is 0 Å². The van der Waals surface area contributed by atoms with Gasteiger partial charge in [-0.3, -0.25) is 4.79 Å². The van der Waals surface area contributed by atoms with Crippen LogP contribution in [0.4, 0.5) is 11.4 Å². The average molecular weight is 250 g/mol. The van der Waals surface area contributed by atoms with Gasteiger partial charge in [0.1, 0.15) is 11.4 Å². The zero-order valence-electron chi connectivity index (χ0n) is 10.3. The van der Waals surface area contributed by atoms with Crippen molar-refractivity contribution in [1.29, 1.82) is 0 Å². The molecule has 0 saturated heterocycles. The molecule has 0 spiro atoms. The predicted molar refractivity (Wildman–Crippen MR) is 67.0 cm³/mol. The molecule has 1 aromatic rings. The third kappa shape index (κ3) is 3.73. The SMILES string of the molecule is CC(=O)OCCC(C)c1ccc(N=O)cc1N=O. The molecule has 0 aliphatic carbocycles. The first kappa shape index (κ1) is 14.0. The number of hydrogen-bond donors (Lipinski definition) is 0. The van der Waals surface area contributed by atoms with Crippen LogP contribution >= 0.6 is 0 Å². The van der Waals surface area contributed by atoms with Crippen molar-refractivity contribution in [2.75, 3.05) is 6.61 Å². The van der Waals surface area contributed by atoms with Crippen molar-refractivity contribution in [3.63, 3.8) is 0 Å². The van der Waals surface area contributed by atoms with Crippen molar-refractivity contribution < 1.29 is 9.53 Å². The Labute approximate surface area is 104 Å². The smallest absolute Gasteiger partial charge is 0.302 e. The number of hydrogen-bond acceptors (Lipinski definition) is 6. The van der Waals surface area contributed by atoms with Gasteiger partial charge in [0, 0.05) is 6.92 Å². The van der Waals surface area contributed by atoms with E-state index in [0.29, 0.717) is 12.0 Å². The highest BCUT2D eigenvalue weighted by Gasteiger charge is 2.13. The molecule has 96 valence electrons. The Bertz CT molecular complexity index is 459. The summed E-state index contributed by atoms with van der Waals surface area (Å²) in [6, 6.07) is 4.52. The van der Waals surface area contributed by atoms with Gasteiger partial charge in [-0.1, -0.05) is 13.0 Å². The summed E-state index contributed by atoms with van der Waals surface area (Å²) in [7, 11) is 0. The van der Waals surface area contributed by atoms with E-state index >= 15 is 0 Å². The van der Waals surface area contributed by atoms with Gasteiger partial charge in [0.25, 0.3) is 0 Å². The molecule has 0 N–H and O–H groups in total. The van der Waals surface area contributed by atoms with Crippen LogP contribution in [0.5, 0.6) is 0 Å². The number of carbonyl (C=O) groups is 1. The fraction of sp³-hybridized carbons (Fsp3) is 0.417. The van der Waals surface area contributed by atoms with Crippen LogP contribution in [-0.2, 0) is 9.53 Å². The molecule has 1 aromatic carbocycles. The largest absolute Gasteiger partial charge is 0.466 e. The number of nitrogens with zero attached hydrogens (tertiary/aromatic N) is 2. The van der Waals surface area contributed by atoms with E-state index in [0.717, 1.165) is 0 Å². The number of carbonyl (C=O) groups excluding carboxylic acids is 1. The Hall–Kier alpha value is -2.11. The summed E-state index contributed by atoms with van der Waals surface area (Å²) < 4.78 is 4.84. The molecule has 0 bridgehead atoms. The highest BCUT2D eigenvalue weighted by atomic mass is 16.5. The number of nitroso groups, excluding NO2 is 2. The summed E-state index contributed by atoms with van der Waals surface area (Å²) >= 11 is 0. The molecule has 0 saturated carbocycles. The minimum Gasteiger partial charge on any atom is -0.466 e. The molecule has 0 heterocycles. The number of esters is 1. The van der Waals surface area contributed by atoms with Crippen LogP contribution in [0.15, 0.2) is 28.6 Å². The number of benzene rings is 1. The van der Waals surface area contributed by atoms with E-state index in [9.17, 15) is 14.6 Å². The van der Waals surface area contributed by atoms with Crippen LogP contribution in [0.1, 0.15) is 31.7 Å². The fourth-order valence-corrected chi connectivity index (χ4v) is 1.62. The third-order valence-electron chi connectivity index (χ3n) is 2.60. The second kappa shape index (κ2) is 6.58. The summed E-state index contributed by atoms with van der Waals surface area (Å²) in [6.07, 6.45) is 0.579. The molecule has 0 fully saturated rings. The van der Waals surface area contributed by atoms with Crippen molar-refractivity contribution in [3.8, 4) is 0 Å². The Morgan fingerprint density at radius 3 is 2.61 bits per heavy atom. The van der Waals surface area contributed by atoms with E-state index in [1.165, 1.54) is 19.1 Å². The standard InChI is InChI=1S/C12H14N2O4/c1-8(5-6-18-9(2)15)11-4-3-10(13-16)7-12(11)14-17/h3-4,7-8H,5-6H2,1-2H3. The monoisotopic (exact) mass is 250 g/mol. The molecular weight excluding hydrogens is 236 g/mol. The normalized spacial score (nSPS) is 11.7. The first-order valence-corrected chi connectivity index (χ1v) is 5.52. The van der Waals surface area contributed by atoms with Crippen LogP contribution in [0.3, 0.4) is 0 Å². The zero-order chi connectivity index (χ0) is 13.5. The molecular formula is C12H14N2O4. The highest BCUT2D eigenvalue weighted by Crippen LogP contribution is 2.32. The van der Waals surface area contributed by atoms with Crippen molar-refractivity contribution >= 4 is 17.3 Å². The highest BCUT2D eigenvalue weighted by molar-refractivity contribution is 5.65. The van der Waals surface area contributed by atoms with E-state index in [2.05, 4.69) is 10.4 Å². The predicted octanol–water partition coefficient (Wildman–Crippen LogP) is 3.54. The minimum atomic E-state index is -0.337. The summed E-state index contributed by atoms with van der Waals surface area (Å²) in [4.78, 5) is 31.7. The maximum Gasteiger partial charge on any atom is 0.302 e. The van der Waals surface area contributed by atoms with Gasteiger partial charge in [0.2, 0.25) is 0 Å². The van der Waals surface area contributed by atoms with Crippen molar-refractivity contribution in [1.82, 2.24) is 0 Å². The van der Waals surface area contributed by atoms with Gasteiger partial charge >= 0.3 is 5.97 Å². The topological polar surface area (TPSA) is 85.2 Å². The molecule has 6 nitrogen and oxygen atoms in total. The molecule has 1 unspecified atom stereocenters. The lowest BCUT2D eigenvalue weighted by Crippen LogP contribution is -2.04. The van der Waals surface area contributed by atoms with Gasteiger partial charge < -0.3 is 4.74 Å². The minimum absolute atomic E-state index is 0.00208. The molecule has 1 rings (SSSR count). The van der Waals surface area contributed by atoms with E-state index in [-0.39, 0.29) is 29.9 Å². The maximum atomic E-state index is 10.7. The van der Waals surface area contributed by atoms with Crippen LogP contribution in [0.25, 0.3) is 0 Å². The lowest BCUT2D eigenvalue weighted by atomic mass is 9.96. The zero-order valence-corrected chi connectivity index (χ0v) is 10.3. The van der Waals surface area contributed by atoms with E-state index in [4.69, 9.17) is 4.74 Å². The van der Waals surface area contributed by atoms with Gasteiger partial charge in [-0.25, -0.2) is 0 Å². The van der Waals surface area contributed by atoms with Crippen molar-refractivity contribution in [2.24, 2.45) is 10.4 Å². The van der Waals surface area contributed by atoms with Crippen molar-refractivity contribution in [3.05, 3.63) is 33.6 Å². The van der Waals surface area contributed by atoms with Gasteiger partial charge in [-0.05, 0) is 40.4 Å². The second-order valence-corrected chi connectivity index (χ2v) is 3.96. The van der Waals surface area contributed by atoms with Crippen molar-refractivity contribution in [2.45, 2.75) is 26.2 Å². The van der Waals surface area contributed by atoms with E-state index < -0.39 is 0 Å². The first-order chi connectivity index (χ1) is 8.58. The quantitative estimate of drug-likeness (QED) is 0.570. The molecule has 0 aliphatic rings. The summed E-state index contributed by atoms with van der Waals surface area (Å²) in [5, 5.41) is 5.63. The molecule has 0 amide bonds. The molecule has 6 heteroatoms. The average Bonchev–Trinajstić information content (AvgIpc) is 2.37. The summed E-state index contributed by atoms with van der Waals surface area (Å²) in [6.45, 7) is 3.51. The van der Waals surface area contributed by atoms with Crippen LogP contribution in [0.2, 0.25) is 0 Å². The van der Waals surface area contributed by atoms with Gasteiger partial charge in [-0.2, -0.15) is 0 Å². The van der Waals surface area contributed by atoms with Gasteiger partial charge in [-0.15, -0.1) is 9.81 Å². The van der Waals surface area contributed by atoms with E-state index in [1.54, 1.807) is 6.07 Å². The number of ether oxygens (including phenoxy) is 1. The molecule has 18 heavy (non-hydrogen) atoms. The Morgan fingerprint density at radius 2 is 2.06 bits per heavy atom. The molecule has 0 radical (unpaired) electrons. The first-order valence-electron chi connectivity index (χ1n) is 5.52. The van der Waals surface area contributed by atoms with Gasteiger partial charge in [0.05, 0.1) is 6.61 Å². The lowest BCUT2D eigenvalue weighted by molar-refractivity contribution is -0.141.